The van der Waals surface area contributed by atoms with Crippen molar-refractivity contribution >= 4 is 23.3 Å². The van der Waals surface area contributed by atoms with Gasteiger partial charge in [0.25, 0.3) is 5.69 Å². The zero-order chi connectivity index (χ0) is 23.3. The van der Waals surface area contributed by atoms with Crippen LogP contribution in [-0.2, 0) is 9.59 Å². The maximum atomic E-state index is 12.8. The number of nitro benzene ring substituents is 1. The number of ether oxygens (including phenoxy) is 1. The van der Waals surface area contributed by atoms with Gasteiger partial charge in [-0.05, 0) is 36.8 Å². The highest BCUT2D eigenvalue weighted by atomic mass is 16.6. The van der Waals surface area contributed by atoms with E-state index in [1.165, 1.54) is 23.7 Å². The lowest BCUT2D eigenvalue weighted by molar-refractivity contribution is -0.384. The number of carbonyl (C=O) groups is 2. The Morgan fingerprint density at radius 3 is 2.38 bits per heavy atom. The number of nitrogens with one attached hydrogen (secondary N) is 2. The molecule has 1 unspecified atom stereocenters. The molecule has 166 valence electrons. The van der Waals surface area contributed by atoms with Gasteiger partial charge in [0.1, 0.15) is 11.6 Å². The quantitative estimate of drug-likeness (QED) is 0.411. The summed E-state index contributed by atoms with van der Waals surface area (Å²) in [6.45, 7) is 3.16. The third-order valence-electron chi connectivity index (χ3n) is 4.69. The van der Waals surface area contributed by atoms with Crippen molar-refractivity contribution in [3.63, 3.8) is 0 Å². The minimum atomic E-state index is -0.532. The molecule has 0 aliphatic carbocycles. The number of rotatable bonds is 8. The molecular weight excluding hydrogens is 414 g/mol. The molecule has 0 radical (unpaired) electrons. The summed E-state index contributed by atoms with van der Waals surface area (Å²) in [5.41, 5.74) is 1.94. The Hall–Kier alpha value is -4.21. The van der Waals surface area contributed by atoms with Crippen LogP contribution in [0.5, 0.6) is 5.75 Å². The van der Waals surface area contributed by atoms with Gasteiger partial charge in [-0.2, -0.15) is 5.10 Å². The highest BCUT2D eigenvalue weighted by Crippen LogP contribution is 2.23. The lowest BCUT2D eigenvalue weighted by Gasteiger charge is -2.18. The van der Waals surface area contributed by atoms with E-state index in [9.17, 15) is 19.7 Å². The van der Waals surface area contributed by atoms with Crippen molar-refractivity contribution < 1.29 is 19.2 Å². The smallest absolute Gasteiger partial charge is 0.269 e. The maximum Gasteiger partial charge on any atom is 0.269 e. The Morgan fingerprint density at radius 2 is 1.81 bits per heavy atom. The molecule has 0 saturated heterocycles. The van der Waals surface area contributed by atoms with Crippen molar-refractivity contribution in [1.82, 2.24) is 15.1 Å². The second kappa shape index (κ2) is 9.73. The van der Waals surface area contributed by atoms with Gasteiger partial charge in [-0.15, -0.1) is 0 Å². The summed E-state index contributed by atoms with van der Waals surface area (Å²) in [6, 6.07) is 14.1. The summed E-state index contributed by atoms with van der Waals surface area (Å²) >= 11 is 0. The summed E-state index contributed by atoms with van der Waals surface area (Å²) in [5.74, 6) is 0.493. The molecule has 1 heterocycles. The fourth-order valence-corrected chi connectivity index (χ4v) is 3.21. The van der Waals surface area contributed by atoms with Crippen LogP contribution in [0.3, 0.4) is 0 Å². The molecule has 3 aromatic rings. The topological polar surface area (TPSA) is 128 Å². The van der Waals surface area contributed by atoms with E-state index in [0.717, 1.165) is 5.56 Å². The third-order valence-corrected chi connectivity index (χ3v) is 4.69. The van der Waals surface area contributed by atoms with Gasteiger partial charge >= 0.3 is 0 Å². The molecule has 10 nitrogen and oxygen atoms in total. The van der Waals surface area contributed by atoms with Crippen LogP contribution < -0.4 is 15.4 Å². The molecule has 1 aromatic heterocycles. The van der Waals surface area contributed by atoms with Crippen LogP contribution in [0.2, 0.25) is 0 Å². The number of anilines is 1. The van der Waals surface area contributed by atoms with Crippen LogP contribution in [-0.4, -0.2) is 33.6 Å². The molecule has 0 saturated carbocycles. The number of aryl methyl sites for hydroxylation is 1. The Kier molecular flexibility index (Phi) is 6.83. The maximum absolute atomic E-state index is 12.8. The van der Waals surface area contributed by atoms with Crippen LogP contribution in [0.4, 0.5) is 11.5 Å². The molecule has 2 aromatic carbocycles. The van der Waals surface area contributed by atoms with Gasteiger partial charge in [-0.1, -0.05) is 12.1 Å². The van der Waals surface area contributed by atoms with Gasteiger partial charge in [-0.25, -0.2) is 4.68 Å². The van der Waals surface area contributed by atoms with Gasteiger partial charge in [0.05, 0.1) is 35.9 Å². The fourth-order valence-electron chi connectivity index (χ4n) is 3.21. The van der Waals surface area contributed by atoms with Crippen LogP contribution >= 0.6 is 0 Å². The van der Waals surface area contributed by atoms with E-state index in [0.29, 0.717) is 22.9 Å². The monoisotopic (exact) mass is 437 g/mol. The third kappa shape index (κ3) is 5.48. The highest BCUT2D eigenvalue weighted by Gasteiger charge is 2.19. The van der Waals surface area contributed by atoms with E-state index in [-0.39, 0.29) is 23.9 Å². The summed E-state index contributed by atoms with van der Waals surface area (Å²) in [7, 11) is 1.56. The molecule has 0 spiro atoms. The summed E-state index contributed by atoms with van der Waals surface area (Å²) in [4.78, 5) is 34.9. The molecule has 1 atom stereocenters. The first-order chi connectivity index (χ1) is 15.3. The average Bonchev–Trinajstić information content (AvgIpc) is 3.12. The van der Waals surface area contributed by atoms with Gasteiger partial charge in [0.15, 0.2) is 0 Å². The van der Waals surface area contributed by atoms with Crippen LogP contribution in [0, 0.1) is 17.0 Å². The number of hydrogen-bond donors (Lipinski definition) is 2. The van der Waals surface area contributed by atoms with Crippen molar-refractivity contribution in [2.75, 3.05) is 12.4 Å². The van der Waals surface area contributed by atoms with Crippen molar-refractivity contribution in [2.45, 2.75) is 26.3 Å². The lowest BCUT2D eigenvalue weighted by Crippen LogP contribution is -2.30. The standard InChI is InChI=1S/C22H23N5O5/c1-14-12-21(26(25-14)17-6-8-18(9-7-17)27(30)31)24-22(29)13-20(23-15(2)28)16-4-10-19(32-3)11-5-16/h4-12,20H,13H2,1-3H3,(H,23,28)(H,24,29). The summed E-state index contributed by atoms with van der Waals surface area (Å²) in [6.07, 6.45) is -0.00357. The lowest BCUT2D eigenvalue weighted by atomic mass is 10.0. The molecule has 0 aliphatic rings. The summed E-state index contributed by atoms with van der Waals surface area (Å²) in [5, 5.41) is 20.9. The zero-order valence-corrected chi connectivity index (χ0v) is 17.9. The second-order valence-corrected chi connectivity index (χ2v) is 7.13. The Labute approximate surface area is 184 Å². The molecule has 2 N–H and O–H groups in total. The first-order valence-electron chi connectivity index (χ1n) is 9.79. The Morgan fingerprint density at radius 1 is 1.16 bits per heavy atom. The fraction of sp³-hybridized carbons (Fsp3) is 0.227. The largest absolute Gasteiger partial charge is 0.497 e. The van der Waals surface area contributed by atoms with E-state index < -0.39 is 11.0 Å². The molecule has 2 amide bonds. The van der Waals surface area contributed by atoms with Crippen molar-refractivity contribution in [1.29, 1.82) is 0 Å². The predicted molar refractivity (Wildman–Crippen MR) is 118 cm³/mol. The number of amides is 2. The number of benzene rings is 2. The van der Waals surface area contributed by atoms with E-state index >= 15 is 0 Å². The highest BCUT2D eigenvalue weighted by molar-refractivity contribution is 5.91. The Balaban J connectivity index is 1.79. The number of aromatic nitrogens is 2. The van der Waals surface area contributed by atoms with Crippen molar-refractivity contribution in [3.8, 4) is 11.4 Å². The second-order valence-electron chi connectivity index (χ2n) is 7.13. The molecule has 32 heavy (non-hydrogen) atoms. The van der Waals surface area contributed by atoms with Crippen molar-refractivity contribution in [2.24, 2.45) is 0 Å². The minimum Gasteiger partial charge on any atom is -0.497 e. The number of methoxy groups -OCH3 is 1. The van der Waals surface area contributed by atoms with Gasteiger partial charge in [0, 0.05) is 25.1 Å². The predicted octanol–water partition coefficient (Wildman–Crippen LogP) is 3.30. The first kappa shape index (κ1) is 22.5. The van der Waals surface area contributed by atoms with Gasteiger partial charge in [-0.3, -0.25) is 19.7 Å². The molecule has 3 rings (SSSR count). The average molecular weight is 437 g/mol. The van der Waals surface area contributed by atoms with Crippen LogP contribution in [0.15, 0.2) is 54.6 Å². The van der Waals surface area contributed by atoms with Crippen LogP contribution in [0.25, 0.3) is 5.69 Å². The number of nitro groups is 1. The van der Waals surface area contributed by atoms with E-state index in [4.69, 9.17) is 4.74 Å². The molecule has 0 aliphatic heterocycles. The molecule has 0 fully saturated rings. The van der Waals surface area contributed by atoms with Gasteiger partial charge in [0.2, 0.25) is 11.8 Å². The van der Waals surface area contributed by atoms with E-state index in [1.807, 2.05) is 0 Å². The number of non-ortho nitro benzene ring substituents is 1. The van der Waals surface area contributed by atoms with Crippen molar-refractivity contribution in [3.05, 3.63) is 76.0 Å². The van der Waals surface area contributed by atoms with E-state index in [2.05, 4.69) is 15.7 Å². The van der Waals surface area contributed by atoms with Gasteiger partial charge < -0.3 is 15.4 Å². The zero-order valence-electron chi connectivity index (χ0n) is 17.9. The number of hydrogen-bond acceptors (Lipinski definition) is 6. The minimum absolute atomic E-state index is 0.00357. The van der Waals surface area contributed by atoms with Crippen LogP contribution in [0.1, 0.15) is 30.6 Å². The first-order valence-corrected chi connectivity index (χ1v) is 9.79. The molecule has 0 bridgehead atoms. The number of nitrogens with zero attached hydrogens (tertiary/aromatic N) is 3. The number of carbonyl (C=O) groups excluding carboxylic acids is 2. The van der Waals surface area contributed by atoms with E-state index in [1.54, 1.807) is 56.5 Å². The molecular formula is C22H23N5O5. The summed E-state index contributed by atoms with van der Waals surface area (Å²) < 4.78 is 6.65. The Bertz CT molecular complexity index is 1120. The normalized spacial score (nSPS) is 11.5. The SMILES string of the molecule is COc1ccc(C(CC(=O)Nc2cc(C)nn2-c2ccc([N+](=O)[O-])cc2)NC(C)=O)cc1. The molecule has 10 heteroatoms.